The molecule has 2 N–H and O–H groups in total. The first kappa shape index (κ1) is 14.5. The fourth-order valence-electron chi connectivity index (χ4n) is 2.39. The molecule has 3 atom stereocenters. The van der Waals surface area contributed by atoms with Gasteiger partial charge >= 0.3 is 0 Å². The van der Waals surface area contributed by atoms with Crippen LogP contribution in [-0.4, -0.2) is 43.6 Å². The van der Waals surface area contributed by atoms with Crippen molar-refractivity contribution in [3.63, 3.8) is 0 Å². The van der Waals surface area contributed by atoms with Crippen LogP contribution in [0.15, 0.2) is 22.8 Å². The summed E-state index contributed by atoms with van der Waals surface area (Å²) in [6.45, 7) is 1.27. The Labute approximate surface area is 113 Å². The molecule has 0 radical (unpaired) electrons. The zero-order chi connectivity index (χ0) is 13.5. The van der Waals surface area contributed by atoms with Crippen molar-refractivity contribution in [3.8, 4) is 0 Å². The number of aliphatic hydroxyl groups excluding tert-OH is 1. The van der Waals surface area contributed by atoms with Gasteiger partial charge < -0.3 is 24.3 Å². The van der Waals surface area contributed by atoms with Crippen molar-refractivity contribution < 1.29 is 19.0 Å². The second-order valence-corrected chi connectivity index (χ2v) is 5.02. The van der Waals surface area contributed by atoms with Gasteiger partial charge in [0, 0.05) is 19.7 Å². The summed E-state index contributed by atoms with van der Waals surface area (Å²) in [4.78, 5) is 0. The Bertz CT molecular complexity index is 341. The minimum absolute atomic E-state index is 0.314. The van der Waals surface area contributed by atoms with Crippen LogP contribution in [-0.2, 0) is 16.1 Å². The Hall–Kier alpha value is -0.880. The molecule has 1 saturated carbocycles. The molecule has 108 valence electrons. The van der Waals surface area contributed by atoms with E-state index in [1.54, 1.807) is 13.4 Å². The molecule has 5 nitrogen and oxygen atoms in total. The van der Waals surface area contributed by atoms with E-state index in [9.17, 15) is 5.11 Å². The maximum atomic E-state index is 9.81. The minimum Gasteiger partial charge on any atom is -0.467 e. The van der Waals surface area contributed by atoms with Gasteiger partial charge in [-0.05, 0) is 31.4 Å². The zero-order valence-electron chi connectivity index (χ0n) is 11.4. The van der Waals surface area contributed by atoms with Crippen LogP contribution in [0.5, 0.6) is 0 Å². The largest absolute Gasteiger partial charge is 0.467 e. The lowest BCUT2D eigenvalue weighted by molar-refractivity contribution is 0.0213. The van der Waals surface area contributed by atoms with Gasteiger partial charge in [-0.25, -0.2) is 0 Å². The van der Waals surface area contributed by atoms with Gasteiger partial charge in [-0.1, -0.05) is 0 Å². The van der Waals surface area contributed by atoms with Crippen LogP contribution in [0.4, 0.5) is 0 Å². The predicted octanol–water partition coefficient (Wildman–Crippen LogP) is 1.31. The van der Waals surface area contributed by atoms with E-state index in [2.05, 4.69) is 5.32 Å². The van der Waals surface area contributed by atoms with Crippen LogP contribution in [0, 0.1) is 0 Å². The standard InChI is InChI=1S/C14H23NO4/c1-17-13-5-4-11(7-13)15-8-12(16)9-18-10-14-3-2-6-19-14/h2-3,6,11-13,15-16H,4-5,7-10H2,1H3. The van der Waals surface area contributed by atoms with Crippen molar-refractivity contribution in [2.24, 2.45) is 0 Å². The molecule has 1 aromatic heterocycles. The lowest BCUT2D eigenvalue weighted by Gasteiger charge is -2.16. The summed E-state index contributed by atoms with van der Waals surface area (Å²) in [5.41, 5.74) is 0. The SMILES string of the molecule is COC1CCC(NCC(O)COCc2ccco2)C1. The van der Waals surface area contributed by atoms with Gasteiger partial charge in [-0.2, -0.15) is 0 Å². The van der Waals surface area contributed by atoms with E-state index in [0.29, 0.717) is 31.9 Å². The highest BCUT2D eigenvalue weighted by Crippen LogP contribution is 2.21. The molecule has 2 rings (SSSR count). The lowest BCUT2D eigenvalue weighted by atomic mass is 10.2. The molecule has 0 spiro atoms. The van der Waals surface area contributed by atoms with Crippen LogP contribution in [0.3, 0.4) is 0 Å². The third kappa shape index (κ3) is 4.95. The third-order valence-electron chi connectivity index (χ3n) is 3.49. The fraction of sp³-hybridized carbons (Fsp3) is 0.714. The Balaban J connectivity index is 1.53. The first-order valence-electron chi connectivity index (χ1n) is 6.82. The number of ether oxygens (including phenoxy) is 2. The predicted molar refractivity (Wildman–Crippen MR) is 70.8 cm³/mol. The molecule has 3 unspecified atom stereocenters. The van der Waals surface area contributed by atoms with Crippen LogP contribution in [0.2, 0.25) is 0 Å². The molecule has 5 heteroatoms. The molecule has 1 fully saturated rings. The number of methoxy groups -OCH3 is 1. The van der Waals surface area contributed by atoms with Crippen molar-refractivity contribution in [1.29, 1.82) is 0 Å². The zero-order valence-corrected chi connectivity index (χ0v) is 11.4. The van der Waals surface area contributed by atoms with Gasteiger partial charge in [0.25, 0.3) is 0 Å². The summed E-state index contributed by atoms with van der Waals surface area (Å²) in [6.07, 6.45) is 4.72. The average Bonchev–Trinajstić information content (AvgIpc) is 3.07. The molecule has 0 bridgehead atoms. The van der Waals surface area contributed by atoms with Crippen molar-refractivity contribution in [2.45, 2.75) is 44.1 Å². The summed E-state index contributed by atoms with van der Waals surface area (Å²) in [5, 5.41) is 13.2. The quantitative estimate of drug-likeness (QED) is 0.745. The van der Waals surface area contributed by atoms with Gasteiger partial charge in [-0.3, -0.25) is 0 Å². The molecule has 0 amide bonds. The summed E-state index contributed by atoms with van der Waals surface area (Å²) >= 11 is 0. The number of hydrogen-bond donors (Lipinski definition) is 2. The van der Waals surface area contributed by atoms with E-state index in [-0.39, 0.29) is 0 Å². The van der Waals surface area contributed by atoms with Crippen LogP contribution >= 0.6 is 0 Å². The van der Waals surface area contributed by atoms with Gasteiger partial charge in [0.2, 0.25) is 0 Å². The lowest BCUT2D eigenvalue weighted by Crippen LogP contribution is -2.36. The molecule has 1 aromatic rings. The molecule has 0 saturated heterocycles. The molecular weight excluding hydrogens is 246 g/mol. The highest BCUT2D eigenvalue weighted by molar-refractivity contribution is 4.96. The first-order chi connectivity index (χ1) is 9.28. The fourth-order valence-corrected chi connectivity index (χ4v) is 2.39. The van der Waals surface area contributed by atoms with E-state index in [1.165, 1.54) is 0 Å². The average molecular weight is 269 g/mol. The smallest absolute Gasteiger partial charge is 0.129 e. The Morgan fingerprint density at radius 3 is 3.11 bits per heavy atom. The maximum Gasteiger partial charge on any atom is 0.129 e. The third-order valence-corrected chi connectivity index (χ3v) is 3.49. The summed E-state index contributed by atoms with van der Waals surface area (Å²) in [7, 11) is 1.75. The number of furan rings is 1. The summed E-state index contributed by atoms with van der Waals surface area (Å²) < 4.78 is 15.9. The van der Waals surface area contributed by atoms with Crippen molar-refractivity contribution in [3.05, 3.63) is 24.2 Å². The number of hydrogen-bond acceptors (Lipinski definition) is 5. The molecule has 1 heterocycles. The van der Waals surface area contributed by atoms with Crippen LogP contribution < -0.4 is 5.32 Å². The van der Waals surface area contributed by atoms with Gasteiger partial charge in [-0.15, -0.1) is 0 Å². The first-order valence-corrected chi connectivity index (χ1v) is 6.82. The van der Waals surface area contributed by atoms with Crippen molar-refractivity contribution >= 4 is 0 Å². The highest BCUT2D eigenvalue weighted by Gasteiger charge is 2.24. The molecule has 0 aliphatic heterocycles. The van der Waals surface area contributed by atoms with Gasteiger partial charge in [0.1, 0.15) is 12.4 Å². The summed E-state index contributed by atoms with van der Waals surface area (Å²) in [6, 6.07) is 4.13. The van der Waals surface area contributed by atoms with Crippen LogP contribution in [0.25, 0.3) is 0 Å². The molecule has 0 aromatic carbocycles. The topological polar surface area (TPSA) is 63.9 Å². The van der Waals surface area contributed by atoms with Crippen molar-refractivity contribution in [1.82, 2.24) is 5.32 Å². The highest BCUT2D eigenvalue weighted by atomic mass is 16.5. The van der Waals surface area contributed by atoms with E-state index in [4.69, 9.17) is 13.9 Å². The monoisotopic (exact) mass is 269 g/mol. The van der Waals surface area contributed by atoms with Gasteiger partial charge in [0.05, 0.1) is 25.1 Å². The Morgan fingerprint density at radius 1 is 1.53 bits per heavy atom. The Kier molecular flexibility index (Phi) is 5.85. The van der Waals surface area contributed by atoms with Crippen LogP contribution in [0.1, 0.15) is 25.0 Å². The van der Waals surface area contributed by atoms with E-state index in [1.807, 2.05) is 12.1 Å². The number of aliphatic hydroxyl groups is 1. The molecule has 19 heavy (non-hydrogen) atoms. The second kappa shape index (κ2) is 7.65. The number of rotatable bonds is 8. The maximum absolute atomic E-state index is 9.81. The van der Waals surface area contributed by atoms with E-state index < -0.39 is 6.10 Å². The van der Waals surface area contributed by atoms with Gasteiger partial charge in [0.15, 0.2) is 0 Å². The Morgan fingerprint density at radius 2 is 2.42 bits per heavy atom. The summed E-state index contributed by atoms with van der Waals surface area (Å²) in [5.74, 6) is 0.777. The van der Waals surface area contributed by atoms with E-state index >= 15 is 0 Å². The molecule has 1 aliphatic rings. The molecular formula is C14H23NO4. The van der Waals surface area contributed by atoms with E-state index in [0.717, 1.165) is 25.0 Å². The normalized spacial score (nSPS) is 24.7. The second-order valence-electron chi connectivity index (χ2n) is 5.02. The molecule has 1 aliphatic carbocycles. The number of nitrogens with one attached hydrogen (secondary N) is 1. The van der Waals surface area contributed by atoms with Crippen molar-refractivity contribution in [2.75, 3.05) is 20.3 Å². The minimum atomic E-state index is -0.489.